The molecule has 1 N–H and O–H groups in total. The Labute approximate surface area is 192 Å². The highest BCUT2D eigenvalue weighted by Gasteiger charge is 2.34. The fourth-order valence-electron chi connectivity index (χ4n) is 3.92. The molecule has 1 amide bonds. The summed E-state index contributed by atoms with van der Waals surface area (Å²) in [6, 6.07) is 4.71. The van der Waals surface area contributed by atoms with E-state index in [1.807, 2.05) is 6.92 Å². The smallest absolute Gasteiger partial charge is 0.352 e. The summed E-state index contributed by atoms with van der Waals surface area (Å²) in [5, 5.41) is 11.6. The first kappa shape index (κ1) is 23.0. The highest BCUT2D eigenvalue weighted by molar-refractivity contribution is 6.31. The molecule has 2 aromatic heterocycles. The number of amides is 1. The lowest BCUT2D eigenvalue weighted by molar-refractivity contribution is -0.138. The molecule has 1 aliphatic heterocycles. The molecule has 174 valence electrons. The normalized spacial score (nSPS) is 18.9. The van der Waals surface area contributed by atoms with E-state index in [1.54, 1.807) is 23.1 Å². The lowest BCUT2D eigenvalue weighted by atomic mass is 9.90. The number of benzene rings is 1. The maximum Gasteiger partial charge on any atom is 0.419 e. The number of halogens is 4. The summed E-state index contributed by atoms with van der Waals surface area (Å²) >= 11 is 6.18. The van der Waals surface area contributed by atoms with Crippen molar-refractivity contribution in [3.63, 3.8) is 0 Å². The molecule has 1 aromatic carbocycles. The second-order valence-electron chi connectivity index (χ2n) is 7.84. The standard InChI is InChI=1S/C21H21ClF3N7O/c1-13-3-2-8-31(18(13)12-28-20-26-10-14(11-27-20)21(23,24)25)19(33)16-9-15(22)4-5-17(16)32-29-6-7-30-32/h4-7,9-11,13,18H,2-3,8,12H2,1H3,(H,26,27,28). The van der Waals surface area contributed by atoms with Crippen LogP contribution in [-0.4, -0.2) is 54.9 Å². The van der Waals surface area contributed by atoms with E-state index in [0.717, 1.165) is 25.2 Å². The van der Waals surface area contributed by atoms with Gasteiger partial charge in [-0.1, -0.05) is 18.5 Å². The van der Waals surface area contributed by atoms with Gasteiger partial charge in [0.1, 0.15) is 0 Å². The topological polar surface area (TPSA) is 88.8 Å². The molecule has 2 unspecified atom stereocenters. The molecule has 33 heavy (non-hydrogen) atoms. The van der Waals surface area contributed by atoms with Crippen LogP contribution < -0.4 is 5.32 Å². The zero-order valence-electron chi connectivity index (χ0n) is 17.6. The van der Waals surface area contributed by atoms with Crippen molar-refractivity contribution < 1.29 is 18.0 Å². The molecular formula is C21H21ClF3N7O. The Morgan fingerprint density at radius 1 is 1.21 bits per heavy atom. The van der Waals surface area contributed by atoms with Gasteiger partial charge in [-0.25, -0.2) is 9.97 Å². The summed E-state index contributed by atoms with van der Waals surface area (Å²) in [4.78, 5) is 24.2. The Hall–Kier alpha value is -3.21. The summed E-state index contributed by atoms with van der Waals surface area (Å²) in [5.41, 5.74) is -0.0504. The number of alkyl halides is 3. The minimum Gasteiger partial charge on any atom is -0.352 e. The molecule has 1 saturated heterocycles. The van der Waals surface area contributed by atoms with Crippen molar-refractivity contribution in [3.05, 3.63) is 59.1 Å². The monoisotopic (exact) mass is 479 g/mol. The first-order chi connectivity index (χ1) is 15.7. The van der Waals surface area contributed by atoms with Crippen LogP contribution in [0.1, 0.15) is 35.7 Å². The number of rotatable bonds is 5. The number of carbonyl (C=O) groups is 1. The van der Waals surface area contributed by atoms with E-state index in [0.29, 0.717) is 22.8 Å². The molecule has 12 heteroatoms. The number of aromatic nitrogens is 5. The van der Waals surface area contributed by atoms with E-state index in [4.69, 9.17) is 11.6 Å². The van der Waals surface area contributed by atoms with Crippen LogP contribution in [-0.2, 0) is 6.18 Å². The van der Waals surface area contributed by atoms with Gasteiger partial charge in [0.05, 0.1) is 35.2 Å². The molecule has 0 aliphatic carbocycles. The molecule has 8 nitrogen and oxygen atoms in total. The van der Waals surface area contributed by atoms with Crippen LogP contribution in [0, 0.1) is 5.92 Å². The van der Waals surface area contributed by atoms with Crippen molar-refractivity contribution in [1.29, 1.82) is 0 Å². The van der Waals surface area contributed by atoms with Gasteiger partial charge in [-0.2, -0.15) is 28.2 Å². The lowest BCUT2D eigenvalue weighted by Crippen LogP contribution is -2.51. The van der Waals surface area contributed by atoms with Crippen molar-refractivity contribution in [2.24, 2.45) is 5.92 Å². The molecule has 1 aliphatic rings. The fourth-order valence-corrected chi connectivity index (χ4v) is 4.10. The SMILES string of the molecule is CC1CCCN(C(=O)c2cc(Cl)ccc2-n2nccn2)C1CNc1ncc(C(F)(F)F)cn1. The zero-order valence-corrected chi connectivity index (χ0v) is 18.4. The van der Waals surface area contributed by atoms with E-state index in [-0.39, 0.29) is 30.4 Å². The average molecular weight is 480 g/mol. The van der Waals surface area contributed by atoms with Gasteiger partial charge in [0, 0.05) is 30.5 Å². The van der Waals surface area contributed by atoms with Crippen LogP contribution in [0.3, 0.4) is 0 Å². The second kappa shape index (κ2) is 9.34. The van der Waals surface area contributed by atoms with Gasteiger partial charge in [-0.3, -0.25) is 4.79 Å². The Bertz CT molecular complexity index is 1110. The predicted octanol–water partition coefficient (Wildman–Crippen LogP) is 4.08. The van der Waals surface area contributed by atoms with Crippen molar-refractivity contribution in [1.82, 2.24) is 29.9 Å². The summed E-state index contributed by atoms with van der Waals surface area (Å²) in [6.45, 7) is 2.85. The number of piperidine rings is 1. The van der Waals surface area contributed by atoms with Gasteiger partial charge < -0.3 is 10.2 Å². The third kappa shape index (κ3) is 5.08. The van der Waals surface area contributed by atoms with E-state index in [9.17, 15) is 18.0 Å². The van der Waals surface area contributed by atoms with Gasteiger partial charge in [-0.15, -0.1) is 0 Å². The van der Waals surface area contributed by atoms with Gasteiger partial charge in [0.15, 0.2) is 0 Å². The quantitative estimate of drug-likeness (QED) is 0.593. The molecule has 3 heterocycles. The van der Waals surface area contributed by atoms with E-state index < -0.39 is 11.7 Å². The molecule has 3 aromatic rings. The summed E-state index contributed by atoms with van der Waals surface area (Å²) in [7, 11) is 0. The summed E-state index contributed by atoms with van der Waals surface area (Å²) in [5.74, 6) is -0.0102. The maximum atomic E-state index is 13.6. The third-order valence-electron chi connectivity index (χ3n) is 5.65. The summed E-state index contributed by atoms with van der Waals surface area (Å²) < 4.78 is 38.2. The molecule has 0 bridgehead atoms. The predicted molar refractivity (Wildman–Crippen MR) is 115 cm³/mol. The van der Waals surface area contributed by atoms with Gasteiger partial charge in [0.2, 0.25) is 5.95 Å². The van der Waals surface area contributed by atoms with Crippen LogP contribution in [0.15, 0.2) is 43.0 Å². The first-order valence-corrected chi connectivity index (χ1v) is 10.7. The van der Waals surface area contributed by atoms with E-state index in [2.05, 4.69) is 25.5 Å². The van der Waals surface area contributed by atoms with Crippen molar-refractivity contribution >= 4 is 23.5 Å². The third-order valence-corrected chi connectivity index (χ3v) is 5.88. The van der Waals surface area contributed by atoms with Crippen molar-refractivity contribution in [3.8, 4) is 5.69 Å². The van der Waals surface area contributed by atoms with Crippen LogP contribution in [0.2, 0.25) is 5.02 Å². The molecule has 1 fully saturated rings. The van der Waals surface area contributed by atoms with Crippen molar-refractivity contribution in [2.45, 2.75) is 32.0 Å². The Morgan fingerprint density at radius 2 is 1.91 bits per heavy atom. The summed E-state index contributed by atoms with van der Waals surface area (Å²) in [6.07, 6.45) is 1.74. The Morgan fingerprint density at radius 3 is 2.58 bits per heavy atom. The minimum absolute atomic E-state index is 0.0670. The largest absolute Gasteiger partial charge is 0.419 e. The van der Waals surface area contributed by atoms with Crippen LogP contribution in [0.25, 0.3) is 5.69 Å². The molecule has 2 atom stereocenters. The van der Waals surface area contributed by atoms with Gasteiger partial charge in [-0.05, 0) is 37.0 Å². The first-order valence-electron chi connectivity index (χ1n) is 10.3. The number of nitrogens with zero attached hydrogens (tertiary/aromatic N) is 6. The van der Waals surface area contributed by atoms with Crippen LogP contribution in [0.4, 0.5) is 19.1 Å². The van der Waals surface area contributed by atoms with Gasteiger partial charge >= 0.3 is 6.18 Å². The number of hydrogen-bond acceptors (Lipinski definition) is 6. The van der Waals surface area contributed by atoms with Crippen LogP contribution in [0.5, 0.6) is 0 Å². The highest BCUT2D eigenvalue weighted by atomic mass is 35.5. The number of hydrogen-bond donors (Lipinski definition) is 1. The fraction of sp³-hybridized carbons (Fsp3) is 0.381. The molecule has 4 rings (SSSR count). The Kier molecular flexibility index (Phi) is 6.50. The number of anilines is 1. The van der Waals surface area contributed by atoms with Crippen molar-refractivity contribution in [2.75, 3.05) is 18.4 Å². The Balaban J connectivity index is 1.55. The molecule has 0 radical (unpaired) electrons. The molecule has 0 saturated carbocycles. The van der Waals surface area contributed by atoms with E-state index in [1.165, 1.54) is 17.2 Å². The average Bonchev–Trinajstić information content (AvgIpc) is 3.32. The van der Waals surface area contributed by atoms with E-state index >= 15 is 0 Å². The van der Waals surface area contributed by atoms with Crippen LogP contribution >= 0.6 is 11.6 Å². The van der Waals surface area contributed by atoms with Gasteiger partial charge in [0.25, 0.3) is 5.91 Å². The number of likely N-dealkylation sites (tertiary alicyclic amines) is 1. The number of nitrogens with one attached hydrogen (secondary N) is 1. The second-order valence-corrected chi connectivity index (χ2v) is 8.28. The molecular weight excluding hydrogens is 459 g/mol. The maximum absolute atomic E-state index is 13.6. The lowest BCUT2D eigenvalue weighted by Gasteiger charge is -2.40. The number of carbonyl (C=O) groups excluding carboxylic acids is 1. The molecule has 0 spiro atoms. The zero-order chi connectivity index (χ0) is 23.6. The minimum atomic E-state index is -4.50. The highest BCUT2D eigenvalue weighted by Crippen LogP contribution is 2.29.